The largest absolute Gasteiger partial charge is 0.326 e. The van der Waals surface area contributed by atoms with Crippen LogP contribution in [-0.2, 0) is 0 Å². The average molecular weight is 278 g/mol. The first kappa shape index (κ1) is 15.5. The zero-order valence-electron chi connectivity index (χ0n) is 12.5. The van der Waals surface area contributed by atoms with Crippen molar-refractivity contribution in [3.8, 4) is 0 Å². The third kappa shape index (κ3) is 3.80. The Labute approximate surface area is 122 Å². The molecule has 112 valence electrons. The first-order valence-electron chi connectivity index (χ1n) is 7.98. The Balaban J connectivity index is 2.24. The van der Waals surface area contributed by atoms with Crippen molar-refractivity contribution in [1.82, 2.24) is 4.90 Å². The summed E-state index contributed by atoms with van der Waals surface area (Å²) >= 11 is 0. The van der Waals surface area contributed by atoms with Crippen LogP contribution in [0.15, 0.2) is 24.3 Å². The summed E-state index contributed by atoms with van der Waals surface area (Å²) in [6.07, 6.45) is 7.15. The number of benzene rings is 1. The van der Waals surface area contributed by atoms with Crippen LogP contribution in [0.3, 0.4) is 0 Å². The van der Waals surface area contributed by atoms with Crippen molar-refractivity contribution in [3.05, 3.63) is 35.6 Å². The maximum absolute atomic E-state index is 14.2. The number of likely N-dealkylation sites (tertiary alicyclic amines) is 1. The van der Waals surface area contributed by atoms with Gasteiger partial charge in [0.25, 0.3) is 0 Å². The quantitative estimate of drug-likeness (QED) is 0.906. The highest BCUT2D eigenvalue weighted by atomic mass is 19.1. The molecule has 0 radical (unpaired) electrons. The van der Waals surface area contributed by atoms with Crippen LogP contribution < -0.4 is 5.73 Å². The zero-order chi connectivity index (χ0) is 14.4. The molecular formula is C17H27FN2. The number of nitrogens with zero attached hydrogens (tertiary/aromatic N) is 1. The van der Waals surface area contributed by atoms with Crippen LogP contribution in [0.4, 0.5) is 4.39 Å². The normalized spacial score (nSPS) is 20.9. The van der Waals surface area contributed by atoms with Crippen LogP contribution >= 0.6 is 0 Å². The number of nitrogens with two attached hydrogens (primary N) is 1. The highest BCUT2D eigenvalue weighted by Gasteiger charge is 2.27. The summed E-state index contributed by atoms with van der Waals surface area (Å²) in [7, 11) is 0. The van der Waals surface area contributed by atoms with Crippen molar-refractivity contribution >= 4 is 0 Å². The lowest BCUT2D eigenvalue weighted by Gasteiger charge is -2.36. The molecule has 2 N–H and O–H groups in total. The second kappa shape index (κ2) is 7.75. The van der Waals surface area contributed by atoms with E-state index in [1.54, 1.807) is 12.1 Å². The van der Waals surface area contributed by atoms with Crippen molar-refractivity contribution in [2.45, 2.75) is 57.5 Å². The summed E-state index contributed by atoms with van der Waals surface area (Å²) in [5.74, 6) is -0.122. The van der Waals surface area contributed by atoms with Crippen molar-refractivity contribution in [1.29, 1.82) is 0 Å². The van der Waals surface area contributed by atoms with Crippen molar-refractivity contribution in [2.24, 2.45) is 5.73 Å². The van der Waals surface area contributed by atoms with E-state index in [-0.39, 0.29) is 17.9 Å². The number of hydrogen-bond donors (Lipinski definition) is 1. The van der Waals surface area contributed by atoms with Crippen molar-refractivity contribution in [3.63, 3.8) is 0 Å². The van der Waals surface area contributed by atoms with Gasteiger partial charge in [0.2, 0.25) is 0 Å². The molecule has 0 amide bonds. The number of halogens is 1. The highest BCUT2D eigenvalue weighted by Crippen LogP contribution is 2.29. The minimum Gasteiger partial charge on any atom is -0.326 e. The molecule has 1 aliphatic rings. The molecule has 1 aromatic rings. The molecule has 0 aromatic heterocycles. The topological polar surface area (TPSA) is 29.3 Å². The minimum absolute atomic E-state index is 0.00803. The third-order valence-electron chi connectivity index (χ3n) is 4.38. The fourth-order valence-electron chi connectivity index (χ4n) is 3.19. The molecule has 1 aromatic carbocycles. The smallest absolute Gasteiger partial charge is 0.128 e. The van der Waals surface area contributed by atoms with Gasteiger partial charge in [-0.3, -0.25) is 4.90 Å². The predicted octanol–water partition coefficient (Wildman–Crippen LogP) is 3.87. The Bertz CT molecular complexity index is 400. The summed E-state index contributed by atoms with van der Waals surface area (Å²) < 4.78 is 14.2. The van der Waals surface area contributed by atoms with Crippen LogP contribution in [-0.4, -0.2) is 24.0 Å². The van der Waals surface area contributed by atoms with Gasteiger partial charge in [-0.05, 0) is 38.4 Å². The third-order valence-corrected chi connectivity index (χ3v) is 4.38. The molecule has 0 saturated carbocycles. The minimum atomic E-state index is -0.122. The first-order valence-corrected chi connectivity index (χ1v) is 7.98. The molecular weight excluding hydrogens is 251 g/mol. The van der Waals surface area contributed by atoms with Gasteiger partial charge in [0.1, 0.15) is 5.82 Å². The molecule has 1 saturated heterocycles. The first-order chi connectivity index (χ1) is 9.74. The van der Waals surface area contributed by atoms with E-state index in [9.17, 15) is 4.39 Å². The van der Waals surface area contributed by atoms with E-state index in [2.05, 4.69) is 11.8 Å². The Morgan fingerprint density at radius 2 is 1.70 bits per heavy atom. The summed E-state index contributed by atoms with van der Waals surface area (Å²) in [4.78, 5) is 2.41. The van der Waals surface area contributed by atoms with E-state index in [0.29, 0.717) is 0 Å². The summed E-state index contributed by atoms with van der Waals surface area (Å²) in [6, 6.07) is 7.12. The van der Waals surface area contributed by atoms with Crippen molar-refractivity contribution in [2.75, 3.05) is 13.1 Å². The molecule has 0 spiro atoms. The molecule has 2 nitrogen and oxygen atoms in total. The lowest BCUT2D eigenvalue weighted by molar-refractivity contribution is 0.151. The Morgan fingerprint density at radius 3 is 2.30 bits per heavy atom. The maximum atomic E-state index is 14.2. The summed E-state index contributed by atoms with van der Waals surface area (Å²) in [5.41, 5.74) is 7.10. The lowest BCUT2D eigenvalue weighted by Crippen LogP contribution is -2.42. The van der Waals surface area contributed by atoms with Gasteiger partial charge in [-0.2, -0.15) is 0 Å². The van der Waals surface area contributed by atoms with Crippen LogP contribution in [0.1, 0.15) is 57.1 Å². The second-order valence-electron chi connectivity index (χ2n) is 5.84. The van der Waals surface area contributed by atoms with E-state index < -0.39 is 0 Å². The van der Waals surface area contributed by atoms with Crippen LogP contribution in [0.2, 0.25) is 0 Å². The van der Waals surface area contributed by atoms with E-state index in [1.165, 1.54) is 32.1 Å². The average Bonchev–Trinajstić information content (AvgIpc) is 2.42. The SMILES string of the molecule is CCC(N)C(c1ccccc1F)N1CCCCCCC1. The molecule has 2 rings (SSSR count). The molecule has 1 fully saturated rings. The monoisotopic (exact) mass is 278 g/mol. The standard InChI is InChI=1S/C17H27FN2/c1-2-16(19)17(14-10-6-7-11-15(14)18)20-12-8-4-3-5-9-13-20/h6-7,10-11,16-17H,2-5,8-9,12-13,19H2,1H3. The maximum Gasteiger partial charge on any atom is 0.128 e. The van der Waals surface area contributed by atoms with Gasteiger partial charge >= 0.3 is 0 Å². The van der Waals surface area contributed by atoms with Crippen LogP contribution in [0, 0.1) is 5.82 Å². The highest BCUT2D eigenvalue weighted by molar-refractivity contribution is 5.23. The fraction of sp³-hybridized carbons (Fsp3) is 0.647. The van der Waals surface area contributed by atoms with E-state index in [4.69, 9.17) is 5.73 Å². The number of rotatable bonds is 4. The van der Waals surface area contributed by atoms with Crippen LogP contribution in [0.25, 0.3) is 0 Å². The van der Waals surface area contributed by atoms with Crippen LogP contribution in [0.5, 0.6) is 0 Å². The molecule has 2 atom stereocenters. The summed E-state index contributed by atoms with van der Waals surface area (Å²) in [5, 5.41) is 0. The second-order valence-corrected chi connectivity index (χ2v) is 5.84. The molecule has 1 heterocycles. The molecule has 1 aliphatic heterocycles. The molecule has 0 aliphatic carbocycles. The van der Waals surface area contributed by atoms with E-state index in [0.717, 1.165) is 25.1 Å². The summed E-state index contributed by atoms with van der Waals surface area (Å²) in [6.45, 7) is 4.15. The fourth-order valence-corrected chi connectivity index (χ4v) is 3.19. The predicted molar refractivity (Wildman–Crippen MR) is 82.1 cm³/mol. The van der Waals surface area contributed by atoms with E-state index >= 15 is 0 Å². The Hall–Kier alpha value is -0.930. The van der Waals surface area contributed by atoms with Crippen molar-refractivity contribution < 1.29 is 4.39 Å². The number of hydrogen-bond acceptors (Lipinski definition) is 2. The van der Waals surface area contributed by atoms with Gasteiger partial charge < -0.3 is 5.73 Å². The van der Waals surface area contributed by atoms with E-state index in [1.807, 2.05) is 12.1 Å². The van der Waals surface area contributed by atoms with Gasteiger partial charge in [-0.15, -0.1) is 0 Å². The van der Waals surface area contributed by atoms with Gasteiger partial charge in [-0.25, -0.2) is 4.39 Å². The lowest BCUT2D eigenvalue weighted by atomic mass is 9.94. The zero-order valence-corrected chi connectivity index (χ0v) is 12.5. The Kier molecular flexibility index (Phi) is 5.99. The molecule has 0 bridgehead atoms. The van der Waals surface area contributed by atoms with Gasteiger partial charge in [0.15, 0.2) is 0 Å². The molecule has 20 heavy (non-hydrogen) atoms. The van der Waals surface area contributed by atoms with Gasteiger partial charge in [0, 0.05) is 11.6 Å². The molecule has 2 unspecified atom stereocenters. The molecule has 3 heteroatoms. The Morgan fingerprint density at radius 1 is 1.10 bits per heavy atom. The van der Waals surface area contributed by atoms with Gasteiger partial charge in [0.05, 0.1) is 6.04 Å². The van der Waals surface area contributed by atoms with Gasteiger partial charge in [-0.1, -0.05) is 44.4 Å².